The smallest absolute Gasteiger partial charge is 0.261 e. The van der Waals surface area contributed by atoms with Crippen LogP contribution in [-0.2, 0) is 14.3 Å². The van der Waals surface area contributed by atoms with E-state index in [9.17, 15) is 18.8 Å². The zero-order valence-electron chi connectivity index (χ0n) is 18.7. The van der Waals surface area contributed by atoms with Crippen LogP contribution in [0.15, 0.2) is 30.3 Å². The van der Waals surface area contributed by atoms with Crippen molar-refractivity contribution in [1.82, 2.24) is 10.2 Å². The molecule has 34 heavy (non-hydrogen) atoms. The van der Waals surface area contributed by atoms with E-state index in [1.54, 1.807) is 18.2 Å². The Morgan fingerprint density at radius 2 is 2.12 bits per heavy atom. The molecule has 1 aliphatic heterocycles. The molecular weight excluding hydrogens is 483 g/mol. The number of carbonyl (C=O) groups excluding carboxylic acids is 3. The van der Waals surface area contributed by atoms with Crippen molar-refractivity contribution in [3.63, 3.8) is 0 Å². The van der Waals surface area contributed by atoms with Crippen molar-refractivity contribution >= 4 is 52.0 Å². The number of halogens is 2. The number of nitrogens with one attached hydrogen (secondary N) is 2. The van der Waals surface area contributed by atoms with Gasteiger partial charge in [0, 0.05) is 25.3 Å². The molecule has 2 N–H and O–H groups in total. The predicted molar refractivity (Wildman–Crippen MR) is 129 cm³/mol. The first-order valence-electron chi connectivity index (χ1n) is 11.0. The Kier molecular flexibility index (Phi) is 7.82. The first kappa shape index (κ1) is 24.6. The van der Waals surface area contributed by atoms with E-state index in [0.717, 1.165) is 24.2 Å². The second kappa shape index (κ2) is 10.8. The number of ether oxygens (including phenoxy) is 1. The molecule has 1 saturated heterocycles. The number of rotatable bonds is 9. The number of carbonyl (C=O) groups is 3. The third-order valence-corrected chi connectivity index (χ3v) is 7.07. The molecule has 1 aliphatic carbocycles. The predicted octanol–water partition coefficient (Wildman–Crippen LogP) is 2.98. The average Bonchev–Trinajstić information content (AvgIpc) is 3.51. The SMILES string of the molecule is CN(CC1CC1)[C@@H](CNC(=O)c1ccc(Cl)s1)C(=O)Nc1ccc(N2CCOCC2=O)cc1F. The van der Waals surface area contributed by atoms with Gasteiger partial charge in [-0.1, -0.05) is 11.6 Å². The Bertz CT molecular complexity index is 1080. The van der Waals surface area contributed by atoms with Gasteiger partial charge in [0.15, 0.2) is 0 Å². The van der Waals surface area contributed by atoms with Crippen molar-refractivity contribution in [3.8, 4) is 0 Å². The third kappa shape index (κ3) is 6.12. The van der Waals surface area contributed by atoms with E-state index in [1.165, 1.54) is 17.0 Å². The Hall–Kier alpha value is -2.53. The van der Waals surface area contributed by atoms with Crippen LogP contribution < -0.4 is 15.5 Å². The van der Waals surface area contributed by atoms with Crippen LogP contribution in [0.4, 0.5) is 15.8 Å². The molecule has 182 valence electrons. The van der Waals surface area contributed by atoms with E-state index in [1.807, 2.05) is 11.9 Å². The molecule has 1 atom stereocenters. The fraction of sp³-hybridized carbons (Fsp3) is 0.435. The summed E-state index contributed by atoms with van der Waals surface area (Å²) < 4.78 is 20.4. The number of benzene rings is 1. The number of hydrogen-bond donors (Lipinski definition) is 2. The normalized spacial score (nSPS) is 17.1. The van der Waals surface area contributed by atoms with E-state index in [4.69, 9.17) is 16.3 Å². The van der Waals surface area contributed by atoms with Crippen molar-refractivity contribution in [3.05, 3.63) is 45.4 Å². The highest BCUT2D eigenvalue weighted by Crippen LogP contribution is 2.30. The van der Waals surface area contributed by atoms with E-state index in [2.05, 4.69) is 10.6 Å². The molecule has 0 bridgehead atoms. The number of likely N-dealkylation sites (N-methyl/N-ethyl adjacent to an activating group) is 1. The summed E-state index contributed by atoms with van der Waals surface area (Å²) in [5, 5.41) is 5.43. The van der Waals surface area contributed by atoms with Gasteiger partial charge in [-0.15, -0.1) is 11.3 Å². The van der Waals surface area contributed by atoms with Crippen LogP contribution >= 0.6 is 22.9 Å². The Balaban J connectivity index is 1.43. The minimum atomic E-state index is -0.695. The molecule has 1 aromatic carbocycles. The summed E-state index contributed by atoms with van der Waals surface area (Å²) >= 11 is 7.07. The highest BCUT2D eigenvalue weighted by atomic mass is 35.5. The van der Waals surface area contributed by atoms with Crippen molar-refractivity contribution in [2.75, 3.05) is 50.1 Å². The van der Waals surface area contributed by atoms with Gasteiger partial charge in [0.1, 0.15) is 18.5 Å². The van der Waals surface area contributed by atoms with Crippen molar-refractivity contribution in [2.24, 2.45) is 5.92 Å². The van der Waals surface area contributed by atoms with E-state index in [-0.39, 0.29) is 30.7 Å². The lowest BCUT2D eigenvalue weighted by atomic mass is 10.2. The van der Waals surface area contributed by atoms with Crippen molar-refractivity contribution in [1.29, 1.82) is 0 Å². The molecule has 2 aromatic rings. The fourth-order valence-electron chi connectivity index (χ4n) is 3.78. The summed E-state index contributed by atoms with van der Waals surface area (Å²) in [4.78, 5) is 41.4. The van der Waals surface area contributed by atoms with Gasteiger partial charge >= 0.3 is 0 Å². The maximum atomic E-state index is 14.8. The number of thiophene rings is 1. The van der Waals surface area contributed by atoms with Gasteiger partial charge < -0.3 is 20.3 Å². The molecule has 0 radical (unpaired) electrons. The molecule has 8 nitrogen and oxygen atoms in total. The van der Waals surface area contributed by atoms with Gasteiger partial charge in [-0.2, -0.15) is 0 Å². The highest BCUT2D eigenvalue weighted by Gasteiger charge is 2.30. The van der Waals surface area contributed by atoms with Crippen LogP contribution in [0.3, 0.4) is 0 Å². The first-order valence-corrected chi connectivity index (χ1v) is 12.2. The number of amides is 3. The lowest BCUT2D eigenvalue weighted by molar-refractivity contribution is -0.125. The van der Waals surface area contributed by atoms with Crippen LogP contribution in [0.2, 0.25) is 4.34 Å². The second-order valence-corrected chi connectivity index (χ2v) is 10.2. The average molecular weight is 509 g/mol. The summed E-state index contributed by atoms with van der Waals surface area (Å²) in [6.45, 7) is 1.45. The summed E-state index contributed by atoms with van der Waals surface area (Å²) in [6, 6.07) is 6.83. The quantitative estimate of drug-likeness (QED) is 0.543. The zero-order chi connectivity index (χ0) is 24.2. The monoisotopic (exact) mass is 508 g/mol. The number of anilines is 2. The Labute approximate surface area is 206 Å². The molecule has 2 fully saturated rings. The summed E-state index contributed by atoms with van der Waals surface area (Å²) in [5.74, 6) is -1.12. The van der Waals surface area contributed by atoms with Gasteiger partial charge in [-0.25, -0.2) is 4.39 Å². The third-order valence-electron chi connectivity index (χ3n) is 5.84. The molecule has 1 saturated carbocycles. The van der Waals surface area contributed by atoms with Crippen molar-refractivity contribution in [2.45, 2.75) is 18.9 Å². The minimum Gasteiger partial charge on any atom is -0.370 e. The molecule has 1 aromatic heterocycles. The van der Waals surface area contributed by atoms with Gasteiger partial charge in [0.05, 0.1) is 21.5 Å². The van der Waals surface area contributed by atoms with Gasteiger partial charge in [0.2, 0.25) is 5.91 Å². The number of nitrogens with zero attached hydrogens (tertiary/aromatic N) is 2. The molecule has 2 aliphatic rings. The Morgan fingerprint density at radius 1 is 1.32 bits per heavy atom. The molecule has 0 spiro atoms. The van der Waals surface area contributed by atoms with E-state index in [0.29, 0.717) is 40.5 Å². The first-order chi connectivity index (χ1) is 16.3. The van der Waals surface area contributed by atoms with Crippen molar-refractivity contribution < 1.29 is 23.5 Å². The maximum absolute atomic E-state index is 14.8. The molecule has 3 amide bonds. The fourth-order valence-corrected chi connectivity index (χ4v) is 4.74. The van der Waals surface area contributed by atoms with Crippen LogP contribution in [0, 0.1) is 11.7 Å². The second-order valence-electron chi connectivity index (χ2n) is 8.46. The highest BCUT2D eigenvalue weighted by molar-refractivity contribution is 7.18. The molecule has 4 rings (SSSR count). The van der Waals surface area contributed by atoms with Gasteiger partial charge in [0.25, 0.3) is 11.8 Å². The topological polar surface area (TPSA) is 91.0 Å². The number of morpholine rings is 1. The van der Waals surface area contributed by atoms with Gasteiger partial charge in [-0.3, -0.25) is 19.3 Å². The van der Waals surface area contributed by atoms with Crippen LogP contribution in [0.5, 0.6) is 0 Å². The van der Waals surface area contributed by atoms with E-state index >= 15 is 0 Å². The summed E-state index contributed by atoms with van der Waals surface area (Å²) in [7, 11) is 1.82. The largest absolute Gasteiger partial charge is 0.370 e. The molecular formula is C23H26ClFN4O4S. The zero-order valence-corrected chi connectivity index (χ0v) is 20.3. The van der Waals surface area contributed by atoms with Gasteiger partial charge in [-0.05, 0) is 56.1 Å². The van der Waals surface area contributed by atoms with E-state index < -0.39 is 17.8 Å². The number of hydrogen-bond acceptors (Lipinski definition) is 6. The summed E-state index contributed by atoms with van der Waals surface area (Å²) in [5.41, 5.74) is 0.420. The van der Waals surface area contributed by atoms with Crippen LogP contribution in [0.1, 0.15) is 22.5 Å². The minimum absolute atomic E-state index is 0.00986. The lowest BCUT2D eigenvalue weighted by Crippen LogP contribution is -2.49. The molecule has 11 heteroatoms. The van der Waals surface area contributed by atoms with Crippen LogP contribution in [0.25, 0.3) is 0 Å². The summed E-state index contributed by atoms with van der Waals surface area (Å²) in [6.07, 6.45) is 2.21. The lowest BCUT2D eigenvalue weighted by Gasteiger charge is -2.28. The molecule has 2 heterocycles. The maximum Gasteiger partial charge on any atom is 0.261 e. The molecule has 0 unspecified atom stereocenters. The Morgan fingerprint density at radius 3 is 2.76 bits per heavy atom. The standard InChI is InChI=1S/C23H26ClFN4O4S/c1-28(12-14-2-3-14)18(11-26-23(32)19-6-7-20(24)34-19)22(31)27-17-5-4-15(10-16(17)25)29-8-9-33-13-21(29)30/h4-7,10,14,18H,2-3,8-9,11-13H2,1H3,(H,26,32)(H,27,31)/t18-/m0/s1. The van der Waals surface area contributed by atoms with Crippen LogP contribution in [-0.4, -0.2) is 68.6 Å².